The molecule has 0 aliphatic heterocycles. The van der Waals surface area contributed by atoms with Crippen molar-refractivity contribution >= 4 is 5.69 Å². The van der Waals surface area contributed by atoms with Crippen molar-refractivity contribution in [1.82, 2.24) is 0 Å². The maximum atomic E-state index is 14.1. The number of hydrogen-bond acceptors (Lipinski definition) is 2. The van der Waals surface area contributed by atoms with Crippen molar-refractivity contribution in [3.05, 3.63) is 29.6 Å². The highest BCUT2D eigenvalue weighted by Gasteiger charge is 2.20. The van der Waals surface area contributed by atoms with Crippen LogP contribution in [0.5, 0.6) is 0 Å². The molecule has 102 valence electrons. The van der Waals surface area contributed by atoms with E-state index in [0.29, 0.717) is 18.0 Å². The molecule has 0 aliphatic carbocycles. The first kappa shape index (κ1) is 15.0. The van der Waals surface area contributed by atoms with Crippen LogP contribution < -0.4 is 10.6 Å². The number of nitrogens with zero attached hydrogens (tertiary/aromatic N) is 1. The summed E-state index contributed by atoms with van der Waals surface area (Å²) >= 11 is 0. The predicted octanol–water partition coefficient (Wildman–Crippen LogP) is 3.20. The van der Waals surface area contributed by atoms with E-state index in [1.807, 2.05) is 24.9 Å². The van der Waals surface area contributed by atoms with Crippen molar-refractivity contribution in [2.45, 2.75) is 46.2 Å². The third-order valence-corrected chi connectivity index (χ3v) is 3.54. The molecular formula is C15H25FN2. The summed E-state index contributed by atoms with van der Waals surface area (Å²) in [5.41, 5.74) is 7.52. The third kappa shape index (κ3) is 3.45. The third-order valence-electron chi connectivity index (χ3n) is 3.54. The van der Waals surface area contributed by atoms with Gasteiger partial charge in [0.1, 0.15) is 5.82 Å². The van der Waals surface area contributed by atoms with E-state index in [-0.39, 0.29) is 17.9 Å². The molecule has 1 aromatic carbocycles. The van der Waals surface area contributed by atoms with Crippen LogP contribution in [0.25, 0.3) is 0 Å². The number of rotatable bonds is 5. The maximum absolute atomic E-state index is 14.1. The molecule has 0 radical (unpaired) electrons. The molecule has 2 atom stereocenters. The molecule has 0 saturated carbocycles. The molecule has 0 bridgehead atoms. The van der Waals surface area contributed by atoms with Crippen molar-refractivity contribution in [2.75, 3.05) is 11.9 Å². The summed E-state index contributed by atoms with van der Waals surface area (Å²) in [6, 6.07) is 5.56. The van der Waals surface area contributed by atoms with Crippen molar-refractivity contribution < 1.29 is 4.39 Å². The van der Waals surface area contributed by atoms with Crippen LogP contribution in [-0.2, 0) is 6.42 Å². The normalized spacial score (nSPS) is 14.7. The van der Waals surface area contributed by atoms with Gasteiger partial charge in [-0.15, -0.1) is 0 Å². The molecule has 0 spiro atoms. The van der Waals surface area contributed by atoms with Crippen LogP contribution in [0.15, 0.2) is 18.2 Å². The Bertz CT molecular complexity index is 388. The zero-order valence-electron chi connectivity index (χ0n) is 12.1. The second-order valence-corrected chi connectivity index (χ2v) is 5.52. The average Bonchev–Trinajstić information content (AvgIpc) is 2.26. The number of hydrogen-bond donors (Lipinski definition) is 1. The Labute approximate surface area is 110 Å². The van der Waals surface area contributed by atoms with Gasteiger partial charge in [0, 0.05) is 19.1 Å². The zero-order chi connectivity index (χ0) is 13.9. The highest BCUT2D eigenvalue weighted by molar-refractivity contribution is 5.55. The van der Waals surface area contributed by atoms with Crippen molar-refractivity contribution in [3.63, 3.8) is 0 Å². The average molecular weight is 252 g/mol. The van der Waals surface area contributed by atoms with Gasteiger partial charge in [0.05, 0.1) is 5.69 Å². The second-order valence-electron chi connectivity index (χ2n) is 5.52. The first-order valence-electron chi connectivity index (χ1n) is 6.60. The molecule has 0 heterocycles. The molecular weight excluding hydrogens is 227 g/mol. The Morgan fingerprint density at radius 1 is 1.22 bits per heavy atom. The summed E-state index contributed by atoms with van der Waals surface area (Å²) in [6.07, 6.45) is 0.697. The van der Waals surface area contributed by atoms with Crippen LogP contribution >= 0.6 is 0 Å². The smallest absolute Gasteiger partial charge is 0.146 e. The van der Waals surface area contributed by atoms with Crippen molar-refractivity contribution in [1.29, 1.82) is 0 Å². The van der Waals surface area contributed by atoms with Gasteiger partial charge in [-0.1, -0.05) is 26.0 Å². The first-order chi connectivity index (χ1) is 8.34. The monoisotopic (exact) mass is 252 g/mol. The van der Waals surface area contributed by atoms with Gasteiger partial charge >= 0.3 is 0 Å². The minimum absolute atomic E-state index is 0.0355. The minimum atomic E-state index is -0.164. The molecule has 0 amide bonds. The van der Waals surface area contributed by atoms with Crippen LogP contribution in [0.1, 0.15) is 33.3 Å². The van der Waals surface area contributed by atoms with E-state index in [1.54, 1.807) is 6.07 Å². The number of nitrogens with two attached hydrogens (primary N) is 1. The number of anilines is 1. The molecule has 0 aliphatic rings. The highest BCUT2D eigenvalue weighted by atomic mass is 19.1. The van der Waals surface area contributed by atoms with E-state index in [4.69, 9.17) is 5.73 Å². The molecule has 3 heteroatoms. The summed E-state index contributed by atoms with van der Waals surface area (Å²) in [5, 5.41) is 0. The summed E-state index contributed by atoms with van der Waals surface area (Å²) < 4.78 is 14.1. The van der Waals surface area contributed by atoms with Crippen LogP contribution in [0.3, 0.4) is 0 Å². The fraction of sp³-hybridized carbons (Fsp3) is 0.600. The van der Waals surface area contributed by atoms with E-state index in [9.17, 15) is 4.39 Å². The molecule has 2 nitrogen and oxygen atoms in total. The molecule has 0 fully saturated rings. The number of benzene rings is 1. The standard InChI is InChI=1S/C15H25FN2/c1-10(2)12(4)18(5)15-13(9-11(3)17)7-6-8-14(15)16/h6-8,10-12H,9,17H2,1-5H3. The van der Waals surface area contributed by atoms with Gasteiger partial charge in [0.2, 0.25) is 0 Å². The molecule has 0 aromatic heterocycles. The molecule has 2 N–H and O–H groups in total. The fourth-order valence-electron chi connectivity index (χ4n) is 2.12. The maximum Gasteiger partial charge on any atom is 0.146 e. The van der Waals surface area contributed by atoms with Gasteiger partial charge in [-0.25, -0.2) is 4.39 Å². The molecule has 1 rings (SSSR count). The van der Waals surface area contributed by atoms with Crippen molar-refractivity contribution in [2.24, 2.45) is 11.7 Å². The first-order valence-corrected chi connectivity index (χ1v) is 6.60. The van der Waals surface area contributed by atoms with Crippen LogP contribution in [0.4, 0.5) is 10.1 Å². The molecule has 1 aromatic rings. The largest absolute Gasteiger partial charge is 0.369 e. The Balaban J connectivity index is 3.12. The minimum Gasteiger partial charge on any atom is -0.369 e. The van der Waals surface area contributed by atoms with E-state index in [2.05, 4.69) is 20.8 Å². The van der Waals surface area contributed by atoms with E-state index >= 15 is 0 Å². The lowest BCUT2D eigenvalue weighted by Gasteiger charge is -2.32. The van der Waals surface area contributed by atoms with Gasteiger partial charge < -0.3 is 10.6 Å². The Kier molecular flexibility index (Phi) is 5.15. The van der Waals surface area contributed by atoms with Gasteiger partial charge in [0.25, 0.3) is 0 Å². The van der Waals surface area contributed by atoms with Crippen LogP contribution in [0, 0.1) is 11.7 Å². The summed E-state index contributed by atoms with van der Waals surface area (Å²) in [7, 11) is 1.95. The van der Waals surface area contributed by atoms with Gasteiger partial charge in [0.15, 0.2) is 0 Å². The number of para-hydroxylation sites is 1. The molecule has 2 unspecified atom stereocenters. The van der Waals surface area contributed by atoms with Crippen molar-refractivity contribution in [3.8, 4) is 0 Å². The Morgan fingerprint density at radius 3 is 2.33 bits per heavy atom. The van der Waals surface area contributed by atoms with Crippen LogP contribution in [0.2, 0.25) is 0 Å². The van der Waals surface area contributed by atoms with E-state index in [0.717, 1.165) is 5.56 Å². The van der Waals surface area contributed by atoms with Gasteiger partial charge in [-0.2, -0.15) is 0 Å². The molecule has 18 heavy (non-hydrogen) atoms. The lowest BCUT2D eigenvalue weighted by Crippen LogP contribution is -2.35. The van der Waals surface area contributed by atoms with Gasteiger partial charge in [-0.05, 0) is 37.8 Å². The quantitative estimate of drug-likeness (QED) is 0.872. The Hall–Kier alpha value is -1.09. The fourth-order valence-corrected chi connectivity index (χ4v) is 2.12. The summed E-state index contributed by atoms with van der Waals surface area (Å²) in [5.74, 6) is 0.306. The lowest BCUT2D eigenvalue weighted by molar-refractivity contribution is 0.495. The zero-order valence-corrected chi connectivity index (χ0v) is 12.1. The topological polar surface area (TPSA) is 29.3 Å². The summed E-state index contributed by atoms with van der Waals surface area (Å²) in [6.45, 7) is 8.35. The second kappa shape index (κ2) is 6.19. The highest BCUT2D eigenvalue weighted by Crippen LogP contribution is 2.27. The van der Waals surface area contributed by atoms with Crippen LogP contribution in [-0.4, -0.2) is 19.1 Å². The van der Waals surface area contributed by atoms with E-state index < -0.39 is 0 Å². The summed E-state index contributed by atoms with van der Waals surface area (Å²) in [4.78, 5) is 2.03. The molecule has 0 saturated heterocycles. The lowest BCUT2D eigenvalue weighted by atomic mass is 10.00. The van der Waals surface area contributed by atoms with E-state index in [1.165, 1.54) is 6.07 Å². The SMILES string of the molecule is CC(N)Cc1cccc(F)c1N(C)C(C)C(C)C. The van der Waals surface area contributed by atoms with Gasteiger partial charge in [-0.3, -0.25) is 0 Å². The Morgan fingerprint density at radius 2 is 1.83 bits per heavy atom. The predicted molar refractivity (Wildman–Crippen MR) is 76.5 cm³/mol. The number of halogens is 1.